The number of rotatable bonds is 3. The SMILES string of the molecule is CNc1nc(N)c2ncn([C@@H]3O[C@H](CO)[C@@H](O)[C@H]3O)c2n1. The zero-order chi connectivity index (χ0) is 15.1. The van der Waals surface area contributed by atoms with E-state index in [2.05, 4.69) is 20.3 Å². The van der Waals surface area contributed by atoms with Crippen LogP contribution in [0.4, 0.5) is 11.8 Å². The van der Waals surface area contributed by atoms with Gasteiger partial charge in [0.15, 0.2) is 17.7 Å². The molecule has 0 aromatic carbocycles. The summed E-state index contributed by atoms with van der Waals surface area (Å²) in [6.07, 6.45) is -2.80. The number of nitrogens with two attached hydrogens (primary N) is 1. The lowest BCUT2D eigenvalue weighted by molar-refractivity contribution is -0.0511. The first-order valence-electron chi connectivity index (χ1n) is 6.37. The zero-order valence-corrected chi connectivity index (χ0v) is 11.2. The molecule has 6 N–H and O–H groups in total. The Morgan fingerprint density at radius 2 is 2.14 bits per heavy atom. The summed E-state index contributed by atoms with van der Waals surface area (Å²) in [4.78, 5) is 12.3. The van der Waals surface area contributed by atoms with Crippen LogP contribution in [0.2, 0.25) is 0 Å². The second-order valence-electron chi connectivity index (χ2n) is 4.74. The quantitative estimate of drug-likeness (QED) is 0.435. The van der Waals surface area contributed by atoms with Crippen LogP contribution < -0.4 is 11.1 Å². The summed E-state index contributed by atoms with van der Waals surface area (Å²) in [7, 11) is 1.65. The van der Waals surface area contributed by atoms with Gasteiger partial charge in [-0.15, -0.1) is 0 Å². The minimum absolute atomic E-state index is 0.190. The molecule has 2 aromatic heterocycles. The number of hydrogen-bond donors (Lipinski definition) is 5. The molecule has 10 heteroatoms. The monoisotopic (exact) mass is 296 g/mol. The molecule has 21 heavy (non-hydrogen) atoms. The Bertz CT molecular complexity index is 661. The Hall–Kier alpha value is -2.01. The first-order valence-corrected chi connectivity index (χ1v) is 6.37. The van der Waals surface area contributed by atoms with E-state index in [1.165, 1.54) is 10.9 Å². The highest BCUT2D eigenvalue weighted by Gasteiger charge is 2.44. The Morgan fingerprint density at radius 1 is 1.38 bits per heavy atom. The summed E-state index contributed by atoms with van der Waals surface area (Å²) in [5.74, 6) is 0.489. The molecule has 3 heterocycles. The zero-order valence-electron chi connectivity index (χ0n) is 11.2. The van der Waals surface area contributed by atoms with Gasteiger partial charge in [-0.25, -0.2) is 4.98 Å². The molecule has 1 aliphatic heterocycles. The van der Waals surface area contributed by atoms with Crippen LogP contribution in [0.25, 0.3) is 11.2 Å². The number of hydrogen-bond acceptors (Lipinski definition) is 9. The third kappa shape index (κ3) is 2.08. The van der Waals surface area contributed by atoms with Gasteiger partial charge in [0.1, 0.15) is 23.8 Å². The maximum Gasteiger partial charge on any atom is 0.226 e. The second-order valence-corrected chi connectivity index (χ2v) is 4.74. The molecule has 1 aliphatic rings. The van der Waals surface area contributed by atoms with Crippen molar-refractivity contribution in [3.05, 3.63) is 6.33 Å². The molecule has 0 spiro atoms. The van der Waals surface area contributed by atoms with Crippen molar-refractivity contribution >= 4 is 22.9 Å². The van der Waals surface area contributed by atoms with Gasteiger partial charge >= 0.3 is 0 Å². The highest BCUT2D eigenvalue weighted by Crippen LogP contribution is 2.32. The van der Waals surface area contributed by atoms with E-state index in [1.807, 2.05) is 0 Å². The number of fused-ring (bicyclic) bond motifs is 1. The minimum Gasteiger partial charge on any atom is -0.394 e. The molecule has 10 nitrogen and oxygen atoms in total. The van der Waals surface area contributed by atoms with Gasteiger partial charge in [-0.2, -0.15) is 9.97 Å². The van der Waals surface area contributed by atoms with Crippen molar-refractivity contribution in [2.75, 3.05) is 24.7 Å². The van der Waals surface area contributed by atoms with E-state index >= 15 is 0 Å². The molecule has 3 rings (SSSR count). The van der Waals surface area contributed by atoms with E-state index in [9.17, 15) is 10.2 Å². The average Bonchev–Trinajstić information content (AvgIpc) is 3.02. The Labute approximate surface area is 119 Å². The molecular formula is C11H16N6O4. The van der Waals surface area contributed by atoms with E-state index in [-0.39, 0.29) is 5.82 Å². The standard InChI is InChI=1S/C11H16N6O4/c1-13-11-15-8(12)5-9(16-11)17(3-14-5)10-7(20)6(19)4(2-18)21-10/h3-4,6-7,10,18-20H,2H2,1H3,(H3,12,13,15,16)/t4-,6-,7-,10-/m1/s1. The van der Waals surface area contributed by atoms with E-state index < -0.39 is 31.1 Å². The molecule has 0 bridgehead atoms. The van der Waals surface area contributed by atoms with E-state index in [4.69, 9.17) is 15.6 Å². The van der Waals surface area contributed by atoms with Crippen molar-refractivity contribution in [3.8, 4) is 0 Å². The van der Waals surface area contributed by atoms with E-state index in [0.717, 1.165) is 0 Å². The van der Waals surface area contributed by atoms with Crippen LogP contribution in [0.5, 0.6) is 0 Å². The third-order valence-corrected chi connectivity index (χ3v) is 3.46. The number of anilines is 2. The maximum atomic E-state index is 10.1. The van der Waals surface area contributed by atoms with Gasteiger partial charge in [-0.05, 0) is 0 Å². The molecule has 0 unspecified atom stereocenters. The highest BCUT2D eigenvalue weighted by atomic mass is 16.6. The number of nitrogens with one attached hydrogen (secondary N) is 1. The summed E-state index contributed by atoms with van der Waals surface area (Å²) >= 11 is 0. The van der Waals surface area contributed by atoms with Crippen LogP contribution in [-0.2, 0) is 4.74 Å². The molecule has 1 fully saturated rings. The van der Waals surface area contributed by atoms with Gasteiger partial charge in [-0.1, -0.05) is 0 Å². The number of ether oxygens (including phenoxy) is 1. The van der Waals surface area contributed by atoms with Crippen molar-refractivity contribution in [2.24, 2.45) is 0 Å². The van der Waals surface area contributed by atoms with Crippen LogP contribution in [0.15, 0.2) is 6.33 Å². The van der Waals surface area contributed by atoms with Crippen LogP contribution in [0.1, 0.15) is 6.23 Å². The van der Waals surface area contributed by atoms with Crippen molar-refractivity contribution in [1.82, 2.24) is 19.5 Å². The molecule has 4 atom stereocenters. The summed E-state index contributed by atoms with van der Waals surface area (Å²) in [5, 5.41) is 31.8. The number of nitrogen functional groups attached to an aromatic ring is 1. The van der Waals surface area contributed by atoms with Crippen LogP contribution in [-0.4, -0.2) is 66.8 Å². The summed E-state index contributed by atoms with van der Waals surface area (Å²) < 4.78 is 6.91. The second kappa shape index (κ2) is 5.07. The predicted molar refractivity (Wildman–Crippen MR) is 72.3 cm³/mol. The van der Waals surface area contributed by atoms with Gasteiger partial charge in [-0.3, -0.25) is 4.57 Å². The fourth-order valence-electron chi connectivity index (χ4n) is 2.35. The summed E-state index contributed by atoms with van der Waals surface area (Å²) in [6, 6.07) is 0. The number of aromatic nitrogens is 4. The van der Waals surface area contributed by atoms with Crippen molar-refractivity contribution in [3.63, 3.8) is 0 Å². The Kier molecular flexibility index (Phi) is 3.37. The first kappa shape index (κ1) is 13.9. The molecule has 114 valence electrons. The summed E-state index contributed by atoms with van der Waals surface area (Å²) in [5.41, 5.74) is 6.53. The number of aliphatic hydroxyl groups is 3. The third-order valence-electron chi connectivity index (χ3n) is 3.46. The molecule has 1 saturated heterocycles. The maximum absolute atomic E-state index is 10.1. The Balaban J connectivity index is 2.07. The van der Waals surface area contributed by atoms with Crippen LogP contribution in [0.3, 0.4) is 0 Å². The average molecular weight is 296 g/mol. The molecule has 2 aromatic rings. The number of aliphatic hydroxyl groups excluding tert-OH is 3. The van der Waals surface area contributed by atoms with E-state index in [1.54, 1.807) is 7.05 Å². The van der Waals surface area contributed by atoms with Crippen molar-refractivity contribution in [2.45, 2.75) is 24.5 Å². The van der Waals surface area contributed by atoms with Gasteiger partial charge in [0.25, 0.3) is 0 Å². The number of nitrogens with zero attached hydrogens (tertiary/aromatic N) is 4. The Morgan fingerprint density at radius 3 is 2.76 bits per heavy atom. The lowest BCUT2D eigenvalue weighted by Gasteiger charge is -2.16. The fraction of sp³-hybridized carbons (Fsp3) is 0.545. The van der Waals surface area contributed by atoms with Gasteiger partial charge in [0.2, 0.25) is 5.95 Å². The normalized spacial score (nSPS) is 29.1. The van der Waals surface area contributed by atoms with Gasteiger partial charge < -0.3 is 31.1 Å². The predicted octanol–water partition coefficient (Wildman–Crippen LogP) is -1.94. The first-order chi connectivity index (χ1) is 10.1. The molecule has 0 amide bonds. The minimum atomic E-state index is -1.21. The van der Waals surface area contributed by atoms with Gasteiger partial charge in [0, 0.05) is 7.05 Å². The van der Waals surface area contributed by atoms with Gasteiger partial charge in [0.05, 0.1) is 12.9 Å². The topological polar surface area (TPSA) is 152 Å². The largest absolute Gasteiger partial charge is 0.394 e. The summed E-state index contributed by atoms with van der Waals surface area (Å²) in [6.45, 7) is -0.403. The van der Waals surface area contributed by atoms with E-state index in [0.29, 0.717) is 17.1 Å². The molecule has 0 saturated carbocycles. The number of imidazole rings is 1. The molecule has 0 aliphatic carbocycles. The van der Waals surface area contributed by atoms with Crippen molar-refractivity contribution in [1.29, 1.82) is 0 Å². The smallest absolute Gasteiger partial charge is 0.226 e. The van der Waals surface area contributed by atoms with Crippen molar-refractivity contribution < 1.29 is 20.1 Å². The van der Waals surface area contributed by atoms with Crippen LogP contribution >= 0.6 is 0 Å². The highest BCUT2D eigenvalue weighted by molar-refractivity contribution is 5.82. The molecule has 0 radical (unpaired) electrons. The molecular weight excluding hydrogens is 280 g/mol. The lowest BCUT2D eigenvalue weighted by atomic mass is 10.1. The fourth-order valence-corrected chi connectivity index (χ4v) is 2.35. The van der Waals surface area contributed by atoms with Crippen LogP contribution in [0, 0.1) is 0 Å². The lowest BCUT2D eigenvalue weighted by Crippen LogP contribution is -2.33.